The molecule has 1 unspecified atom stereocenters. The van der Waals surface area contributed by atoms with Gasteiger partial charge in [0.05, 0.1) is 0 Å². The number of carbonyl (C=O) groups excluding carboxylic acids is 1. The molecule has 2 heteroatoms. The van der Waals surface area contributed by atoms with Gasteiger partial charge in [0.15, 0.2) is 0 Å². The van der Waals surface area contributed by atoms with Gasteiger partial charge in [0.25, 0.3) is 0 Å². The molecular weight excluding hydrogens is 176 g/mol. The van der Waals surface area contributed by atoms with Gasteiger partial charge in [0, 0.05) is 13.3 Å². The smallest absolute Gasteiger partial charge is 0.303 e. The first-order valence-electron chi connectivity index (χ1n) is 4.97. The fourth-order valence-corrected chi connectivity index (χ4v) is 1.78. The fraction of sp³-hybridized carbons (Fsp3) is 0.583. The standard InChI is InChI=1S/C12H18O2/c1-9(2)12(14-11(4)13)7-5-10(3)6-8-12/h5H,1,6-8H2,2-4H3. The van der Waals surface area contributed by atoms with Crippen LogP contribution in [0.3, 0.4) is 0 Å². The maximum Gasteiger partial charge on any atom is 0.303 e. The number of esters is 1. The summed E-state index contributed by atoms with van der Waals surface area (Å²) < 4.78 is 5.41. The van der Waals surface area contributed by atoms with Gasteiger partial charge in [-0.05, 0) is 32.3 Å². The highest BCUT2D eigenvalue weighted by Gasteiger charge is 2.35. The first-order valence-corrected chi connectivity index (χ1v) is 4.97. The fourth-order valence-electron chi connectivity index (χ4n) is 1.78. The van der Waals surface area contributed by atoms with Crippen LogP contribution in [0.5, 0.6) is 0 Å². The molecule has 0 aromatic rings. The van der Waals surface area contributed by atoms with E-state index in [0.717, 1.165) is 24.8 Å². The van der Waals surface area contributed by atoms with E-state index >= 15 is 0 Å². The van der Waals surface area contributed by atoms with Crippen molar-refractivity contribution >= 4 is 5.97 Å². The highest BCUT2D eigenvalue weighted by molar-refractivity contribution is 5.67. The van der Waals surface area contributed by atoms with Gasteiger partial charge in [0.1, 0.15) is 5.60 Å². The van der Waals surface area contributed by atoms with Crippen molar-refractivity contribution in [3.8, 4) is 0 Å². The zero-order valence-electron chi connectivity index (χ0n) is 9.22. The lowest BCUT2D eigenvalue weighted by atomic mass is 9.81. The van der Waals surface area contributed by atoms with Crippen LogP contribution in [0.1, 0.15) is 40.0 Å². The number of rotatable bonds is 2. The summed E-state index contributed by atoms with van der Waals surface area (Å²) in [6, 6.07) is 0. The van der Waals surface area contributed by atoms with E-state index in [2.05, 4.69) is 19.6 Å². The largest absolute Gasteiger partial charge is 0.454 e. The Morgan fingerprint density at radius 1 is 1.57 bits per heavy atom. The predicted molar refractivity (Wildman–Crippen MR) is 56.9 cm³/mol. The summed E-state index contributed by atoms with van der Waals surface area (Å²) in [5.74, 6) is -0.221. The van der Waals surface area contributed by atoms with E-state index in [1.54, 1.807) is 0 Å². The maximum atomic E-state index is 11.0. The van der Waals surface area contributed by atoms with Gasteiger partial charge >= 0.3 is 5.97 Å². The summed E-state index contributed by atoms with van der Waals surface area (Å²) in [6.45, 7) is 9.41. The molecule has 0 radical (unpaired) electrons. The van der Waals surface area contributed by atoms with Crippen molar-refractivity contribution in [2.75, 3.05) is 0 Å². The molecule has 0 amide bonds. The molecule has 78 valence electrons. The van der Waals surface area contributed by atoms with Crippen LogP contribution in [0.2, 0.25) is 0 Å². The molecule has 0 saturated carbocycles. The Morgan fingerprint density at radius 3 is 2.57 bits per heavy atom. The third-order valence-electron chi connectivity index (χ3n) is 2.82. The van der Waals surface area contributed by atoms with Crippen molar-refractivity contribution < 1.29 is 9.53 Å². The van der Waals surface area contributed by atoms with Crippen molar-refractivity contribution in [2.45, 2.75) is 45.6 Å². The number of allylic oxidation sites excluding steroid dienone is 1. The van der Waals surface area contributed by atoms with Gasteiger partial charge < -0.3 is 4.74 Å². The van der Waals surface area contributed by atoms with Gasteiger partial charge in [-0.2, -0.15) is 0 Å². The lowest BCUT2D eigenvalue weighted by molar-refractivity contribution is -0.154. The normalized spacial score (nSPS) is 26.6. The second-order valence-electron chi connectivity index (χ2n) is 4.12. The molecule has 0 aliphatic heterocycles. The van der Waals surface area contributed by atoms with Crippen LogP contribution in [0.25, 0.3) is 0 Å². The summed E-state index contributed by atoms with van der Waals surface area (Å²) in [5.41, 5.74) is 1.87. The third kappa shape index (κ3) is 2.25. The molecule has 0 heterocycles. The summed E-state index contributed by atoms with van der Waals surface area (Å²) in [6.07, 6.45) is 4.76. The van der Waals surface area contributed by atoms with Crippen molar-refractivity contribution in [1.82, 2.24) is 0 Å². The topological polar surface area (TPSA) is 26.3 Å². The van der Waals surface area contributed by atoms with Crippen LogP contribution >= 0.6 is 0 Å². The van der Waals surface area contributed by atoms with Crippen molar-refractivity contribution in [3.05, 3.63) is 23.8 Å². The number of ether oxygens (including phenoxy) is 1. The van der Waals surface area contributed by atoms with Crippen molar-refractivity contribution in [2.24, 2.45) is 0 Å². The van der Waals surface area contributed by atoms with E-state index in [1.807, 2.05) is 6.92 Å². The minimum atomic E-state index is -0.439. The molecule has 1 aliphatic rings. The summed E-state index contributed by atoms with van der Waals surface area (Å²) in [4.78, 5) is 11.0. The minimum absolute atomic E-state index is 0.221. The molecule has 1 atom stereocenters. The first-order chi connectivity index (χ1) is 6.46. The Kier molecular flexibility index (Phi) is 3.14. The molecule has 0 bridgehead atoms. The maximum absolute atomic E-state index is 11.0. The van der Waals surface area contributed by atoms with Crippen LogP contribution < -0.4 is 0 Å². The lowest BCUT2D eigenvalue weighted by Gasteiger charge is -2.36. The monoisotopic (exact) mass is 194 g/mol. The SMILES string of the molecule is C=C(C)C1(OC(C)=O)CC=C(C)CC1. The zero-order valence-corrected chi connectivity index (χ0v) is 9.22. The van der Waals surface area contributed by atoms with Crippen LogP contribution in [0.15, 0.2) is 23.8 Å². The third-order valence-corrected chi connectivity index (χ3v) is 2.82. The molecule has 0 aromatic heterocycles. The second kappa shape index (κ2) is 3.99. The molecule has 2 nitrogen and oxygen atoms in total. The van der Waals surface area contributed by atoms with Crippen LogP contribution in [0.4, 0.5) is 0 Å². The van der Waals surface area contributed by atoms with Crippen LogP contribution in [-0.4, -0.2) is 11.6 Å². The summed E-state index contributed by atoms with van der Waals surface area (Å²) in [7, 11) is 0. The average molecular weight is 194 g/mol. The molecular formula is C12H18O2. The van der Waals surface area contributed by atoms with E-state index in [4.69, 9.17) is 4.74 Å². The lowest BCUT2D eigenvalue weighted by Crippen LogP contribution is -2.36. The highest BCUT2D eigenvalue weighted by Crippen LogP contribution is 2.36. The Hall–Kier alpha value is -1.05. The van der Waals surface area contributed by atoms with E-state index in [1.165, 1.54) is 12.5 Å². The van der Waals surface area contributed by atoms with E-state index < -0.39 is 5.60 Å². The molecule has 0 aromatic carbocycles. The summed E-state index contributed by atoms with van der Waals surface area (Å²) >= 11 is 0. The Labute approximate surface area is 85.6 Å². The zero-order chi connectivity index (χ0) is 10.8. The molecule has 1 aliphatic carbocycles. The van der Waals surface area contributed by atoms with Gasteiger partial charge in [-0.1, -0.05) is 18.2 Å². The Bertz CT molecular complexity index is 289. The number of hydrogen-bond donors (Lipinski definition) is 0. The first kappa shape index (κ1) is 11.0. The van der Waals surface area contributed by atoms with Gasteiger partial charge in [0.2, 0.25) is 0 Å². The quantitative estimate of drug-likeness (QED) is 0.499. The van der Waals surface area contributed by atoms with Gasteiger partial charge in [-0.3, -0.25) is 4.79 Å². The minimum Gasteiger partial charge on any atom is -0.454 e. The molecule has 0 spiro atoms. The van der Waals surface area contributed by atoms with Crippen molar-refractivity contribution in [1.29, 1.82) is 0 Å². The predicted octanol–water partition coefficient (Wildman–Crippen LogP) is 2.99. The molecule has 14 heavy (non-hydrogen) atoms. The average Bonchev–Trinajstić information content (AvgIpc) is 2.08. The van der Waals surface area contributed by atoms with Gasteiger partial charge in [-0.15, -0.1) is 0 Å². The van der Waals surface area contributed by atoms with E-state index in [-0.39, 0.29) is 5.97 Å². The Morgan fingerprint density at radius 2 is 2.21 bits per heavy atom. The highest BCUT2D eigenvalue weighted by atomic mass is 16.6. The Balaban J connectivity index is 2.84. The number of hydrogen-bond acceptors (Lipinski definition) is 2. The molecule has 0 saturated heterocycles. The molecule has 0 fully saturated rings. The second-order valence-corrected chi connectivity index (χ2v) is 4.12. The molecule has 1 rings (SSSR count). The van der Waals surface area contributed by atoms with Crippen LogP contribution in [0, 0.1) is 0 Å². The van der Waals surface area contributed by atoms with Crippen LogP contribution in [-0.2, 0) is 9.53 Å². The van der Waals surface area contributed by atoms with Crippen molar-refractivity contribution in [3.63, 3.8) is 0 Å². The van der Waals surface area contributed by atoms with Gasteiger partial charge in [-0.25, -0.2) is 0 Å². The van der Waals surface area contributed by atoms with E-state index in [9.17, 15) is 4.79 Å². The summed E-state index contributed by atoms with van der Waals surface area (Å²) in [5, 5.41) is 0. The number of carbonyl (C=O) groups is 1. The molecule has 0 N–H and O–H groups in total. The van der Waals surface area contributed by atoms with E-state index in [0.29, 0.717) is 0 Å².